The van der Waals surface area contributed by atoms with E-state index >= 15 is 0 Å². The van der Waals surface area contributed by atoms with Crippen LogP contribution >= 0.6 is 0 Å². The monoisotopic (exact) mass is 268 g/mol. The third-order valence-electron chi connectivity index (χ3n) is 3.57. The highest BCUT2D eigenvalue weighted by atomic mass is 16.6. The summed E-state index contributed by atoms with van der Waals surface area (Å²) in [6.07, 6.45) is 9.77. The summed E-state index contributed by atoms with van der Waals surface area (Å²) in [5.74, 6) is -0.311. The molecule has 3 heteroatoms. The second-order valence-corrected chi connectivity index (χ2v) is 5.54. The Bertz CT molecular complexity index is 280. The molecule has 1 aliphatic carbocycles. The highest BCUT2D eigenvalue weighted by molar-refractivity contribution is 5.86. The number of unbranched alkanes of at least 4 members (excludes halogenated alkanes) is 1. The van der Waals surface area contributed by atoms with Crippen molar-refractivity contribution in [3.63, 3.8) is 0 Å². The molecule has 1 saturated carbocycles. The van der Waals surface area contributed by atoms with Gasteiger partial charge in [-0.3, -0.25) is 0 Å². The Morgan fingerprint density at radius 3 is 2.58 bits per heavy atom. The van der Waals surface area contributed by atoms with Crippen molar-refractivity contribution in [1.29, 1.82) is 0 Å². The van der Waals surface area contributed by atoms with Crippen LogP contribution in [-0.2, 0) is 14.3 Å². The normalized spacial score (nSPS) is 18.0. The third-order valence-corrected chi connectivity index (χ3v) is 3.57. The Hall–Kier alpha value is -0.830. The molecule has 0 aromatic carbocycles. The Morgan fingerprint density at radius 2 is 2.00 bits per heavy atom. The van der Waals surface area contributed by atoms with E-state index in [-0.39, 0.29) is 12.1 Å². The minimum Gasteiger partial charge on any atom is -0.460 e. The van der Waals surface area contributed by atoms with Crippen LogP contribution in [-0.4, -0.2) is 24.8 Å². The van der Waals surface area contributed by atoms with Crippen molar-refractivity contribution < 1.29 is 14.3 Å². The molecule has 1 atom stereocenters. The topological polar surface area (TPSA) is 35.5 Å². The maximum absolute atomic E-state index is 11.4. The Balaban J connectivity index is 2.36. The van der Waals surface area contributed by atoms with Gasteiger partial charge in [0.05, 0.1) is 12.2 Å². The van der Waals surface area contributed by atoms with Gasteiger partial charge in [0.2, 0.25) is 0 Å². The van der Waals surface area contributed by atoms with Crippen molar-refractivity contribution in [2.24, 2.45) is 0 Å². The van der Waals surface area contributed by atoms with Crippen LogP contribution in [0.2, 0.25) is 0 Å². The van der Waals surface area contributed by atoms with E-state index in [1.54, 1.807) is 6.92 Å². The number of hydrogen-bond donors (Lipinski definition) is 0. The van der Waals surface area contributed by atoms with Gasteiger partial charge in [-0.1, -0.05) is 45.6 Å². The summed E-state index contributed by atoms with van der Waals surface area (Å²) < 4.78 is 11.4. The summed E-state index contributed by atoms with van der Waals surface area (Å²) in [4.78, 5) is 11.4. The summed E-state index contributed by atoms with van der Waals surface area (Å²) in [6.45, 7) is 7.80. The predicted molar refractivity (Wildman–Crippen MR) is 77.0 cm³/mol. The minimum absolute atomic E-state index is 0.0475. The van der Waals surface area contributed by atoms with Gasteiger partial charge in [-0.2, -0.15) is 0 Å². The third kappa shape index (κ3) is 6.76. The molecule has 1 rings (SSSR count). The number of ether oxygens (including phenoxy) is 2. The van der Waals surface area contributed by atoms with E-state index in [9.17, 15) is 4.79 Å². The average molecular weight is 268 g/mol. The fourth-order valence-corrected chi connectivity index (χ4v) is 2.39. The van der Waals surface area contributed by atoms with E-state index in [2.05, 4.69) is 13.5 Å². The molecular weight excluding hydrogens is 240 g/mol. The highest BCUT2D eigenvalue weighted by Crippen LogP contribution is 2.23. The van der Waals surface area contributed by atoms with Gasteiger partial charge < -0.3 is 9.47 Å². The first-order chi connectivity index (χ1) is 9.13. The molecule has 0 bridgehead atoms. The molecule has 0 aliphatic heterocycles. The molecule has 0 aromatic rings. The highest BCUT2D eigenvalue weighted by Gasteiger charge is 2.20. The maximum Gasteiger partial charge on any atom is 0.333 e. The van der Waals surface area contributed by atoms with Crippen LogP contribution in [0.25, 0.3) is 0 Å². The van der Waals surface area contributed by atoms with E-state index in [1.165, 1.54) is 19.3 Å². The van der Waals surface area contributed by atoms with Crippen LogP contribution < -0.4 is 0 Å². The summed E-state index contributed by atoms with van der Waals surface area (Å²) >= 11 is 0. The lowest BCUT2D eigenvalue weighted by atomic mass is 9.97. The van der Waals surface area contributed by atoms with Crippen LogP contribution in [0.15, 0.2) is 12.2 Å². The van der Waals surface area contributed by atoms with Crippen LogP contribution in [0.4, 0.5) is 0 Å². The molecule has 0 radical (unpaired) electrons. The number of rotatable bonds is 8. The van der Waals surface area contributed by atoms with Crippen molar-refractivity contribution >= 4 is 5.97 Å². The molecule has 19 heavy (non-hydrogen) atoms. The van der Waals surface area contributed by atoms with Gasteiger partial charge >= 0.3 is 5.97 Å². The summed E-state index contributed by atoms with van der Waals surface area (Å²) in [5, 5.41) is 0. The zero-order chi connectivity index (χ0) is 14.1. The van der Waals surface area contributed by atoms with Crippen LogP contribution in [0, 0.1) is 0 Å². The second kappa shape index (κ2) is 9.13. The first-order valence-electron chi connectivity index (χ1n) is 7.61. The minimum atomic E-state index is -0.311. The van der Waals surface area contributed by atoms with Gasteiger partial charge in [-0.05, 0) is 26.2 Å². The molecule has 1 unspecified atom stereocenters. The van der Waals surface area contributed by atoms with Gasteiger partial charge in [-0.25, -0.2) is 4.79 Å². The lowest BCUT2D eigenvalue weighted by Crippen LogP contribution is -2.29. The first kappa shape index (κ1) is 16.2. The molecule has 0 N–H and O–H groups in total. The molecule has 0 amide bonds. The fourth-order valence-electron chi connectivity index (χ4n) is 2.39. The Morgan fingerprint density at radius 1 is 1.32 bits per heavy atom. The summed E-state index contributed by atoms with van der Waals surface area (Å²) in [5.41, 5.74) is 0.451. The van der Waals surface area contributed by atoms with Crippen LogP contribution in [0.5, 0.6) is 0 Å². The van der Waals surface area contributed by atoms with E-state index in [1.807, 2.05) is 0 Å². The molecule has 3 nitrogen and oxygen atoms in total. The summed E-state index contributed by atoms with van der Waals surface area (Å²) in [6, 6.07) is 0. The molecule has 110 valence electrons. The lowest BCUT2D eigenvalue weighted by molar-refractivity contribution is -0.146. The molecule has 0 heterocycles. The van der Waals surface area contributed by atoms with Gasteiger partial charge in [-0.15, -0.1) is 0 Å². The molecule has 0 saturated heterocycles. The Labute approximate surface area is 117 Å². The summed E-state index contributed by atoms with van der Waals surface area (Å²) in [7, 11) is 0. The van der Waals surface area contributed by atoms with Gasteiger partial charge in [0, 0.05) is 5.57 Å². The molecular formula is C16H28O3. The van der Waals surface area contributed by atoms with Gasteiger partial charge in [0.25, 0.3) is 0 Å². The number of carbonyl (C=O) groups excluding carboxylic acids is 1. The van der Waals surface area contributed by atoms with Gasteiger partial charge in [0.15, 0.2) is 0 Å². The molecule has 0 aromatic heterocycles. The smallest absolute Gasteiger partial charge is 0.333 e. The van der Waals surface area contributed by atoms with E-state index in [4.69, 9.17) is 9.47 Å². The lowest BCUT2D eigenvalue weighted by Gasteiger charge is -2.27. The standard InChI is InChI=1S/C16H28O3/c1-4-5-9-15(12-18-16(17)13(2)3)19-14-10-7-6-8-11-14/h14-15H,2,4-12H2,1,3H3. The van der Waals surface area contributed by atoms with E-state index in [0.717, 1.165) is 32.1 Å². The zero-order valence-corrected chi connectivity index (χ0v) is 12.5. The number of hydrogen-bond acceptors (Lipinski definition) is 3. The van der Waals surface area contributed by atoms with Gasteiger partial charge in [0.1, 0.15) is 6.61 Å². The maximum atomic E-state index is 11.4. The molecule has 0 spiro atoms. The van der Waals surface area contributed by atoms with Crippen molar-refractivity contribution in [3.05, 3.63) is 12.2 Å². The first-order valence-corrected chi connectivity index (χ1v) is 7.61. The Kier molecular flexibility index (Phi) is 7.80. The van der Waals surface area contributed by atoms with Crippen molar-refractivity contribution in [2.75, 3.05) is 6.61 Å². The number of carbonyl (C=O) groups is 1. The average Bonchev–Trinajstić information content (AvgIpc) is 2.42. The zero-order valence-electron chi connectivity index (χ0n) is 12.5. The van der Waals surface area contributed by atoms with Crippen LogP contribution in [0.3, 0.4) is 0 Å². The SMILES string of the molecule is C=C(C)C(=O)OCC(CCCC)OC1CCCCC1. The largest absolute Gasteiger partial charge is 0.460 e. The number of esters is 1. The van der Waals surface area contributed by atoms with E-state index < -0.39 is 0 Å². The van der Waals surface area contributed by atoms with Crippen LogP contribution in [0.1, 0.15) is 65.2 Å². The van der Waals surface area contributed by atoms with E-state index in [0.29, 0.717) is 18.3 Å². The second-order valence-electron chi connectivity index (χ2n) is 5.54. The van der Waals surface area contributed by atoms with Crippen molar-refractivity contribution in [3.8, 4) is 0 Å². The molecule has 1 fully saturated rings. The predicted octanol–water partition coefficient (Wildman–Crippen LogP) is 4.01. The van der Waals surface area contributed by atoms with Crippen molar-refractivity contribution in [1.82, 2.24) is 0 Å². The quantitative estimate of drug-likeness (QED) is 0.493. The molecule has 1 aliphatic rings. The fraction of sp³-hybridized carbons (Fsp3) is 0.812. The van der Waals surface area contributed by atoms with Crippen molar-refractivity contribution in [2.45, 2.75) is 77.4 Å².